The number of hydrogen-bond donors (Lipinski definition) is 0. The van der Waals surface area contributed by atoms with Crippen LogP contribution in [0.4, 0.5) is 0 Å². The fourth-order valence-electron chi connectivity index (χ4n) is 2.55. The molecule has 0 saturated carbocycles. The Morgan fingerprint density at radius 2 is 2.30 bits per heavy atom. The van der Waals surface area contributed by atoms with Gasteiger partial charge in [0, 0.05) is 18.9 Å². The van der Waals surface area contributed by atoms with E-state index in [2.05, 4.69) is 10.2 Å². The number of hydrogen-bond acceptors (Lipinski definition) is 6. The zero-order valence-electron chi connectivity index (χ0n) is 13.4. The van der Waals surface area contributed by atoms with Crippen LogP contribution >= 0.6 is 0 Å². The van der Waals surface area contributed by atoms with Crippen LogP contribution in [0.25, 0.3) is 0 Å². The van der Waals surface area contributed by atoms with Crippen molar-refractivity contribution in [3.8, 4) is 0 Å². The Morgan fingerprint density at radius 1 is 1.43 bits per heavy atom. The monoisotopic (exact) mass is 319 g/mol. The van der Waals surface area contributed by atoms with Crippen LogP contribution in [-0.2, 0) is 16.0 Å². The van der Waals surface area contributed by atoms with E-state index >= 15 is 0 Å². The van der Waals surface area contributed by atoms with Crippen molar-refractivity contribution in [1.29, 1.82) is 0 Å². The smallest absolute Gasteiger partial charge is 0.241 e. The van der Waals surface area contributed by atoms with Gasteiger partial charge in [0.2, 0.25) is 17.7 Å². The first-order valence-corrected chi connectivity index (χ1v) is 7.86. The van der Waals surface area contributed by atoms with Gasteiger partial charge in [-0.25, -0.2) is 0 Å². The van der Waals surface area contributed by atoms with Crippen molar-refractivity contribution in [2.75, 3.05) is 19.8 Å². The minimum absolute atomic E-state index is 0.0591. The van der Waals surface area contributed by atoms with E-state index in [1.807, 2.05) is 19.9 Å². The van der Waals surface area contributed by atoms with Crippen LogP contribution in [-0.4, -0.2) is 40.8 Å². The van der Waals surface area contributed by atoms with Crippen LogP contribution in [0.2, 0.25) is 0 Å². The summed E-state index contributed by atoms with van der Waals surface area (Å²) < 4.78 is 16.2. The molecule has 7 heteroatoms. The summed E-state index contributed by atoms with van der Waals surface area (Å²) in [4.78, 5) is 14.3. The molecule has 1 saturated heterocycles. The average molecular weight is 319 g/mol. The second kappa shape index (κ2) is 6.95. The molecule has 124 valence electrons. The molecule has 0 N–H and O–H groups in total. The number of amides is 1. The lowest BCUT2D eigenvalue weighted by Crippen LogP contribution is -2.43. The fourth-order valence-corrected chi connectivity index (χ4v) is 2.55. The lowest BCUT2D eigenvalue weighted by Gasteiger charge is -2.33. The fraction of sp³-hybridized carbons (Fsp3) is 0.562. The van der Waals surface area contributed by atoms with Gasteiger partial charge in [-0.15, -0.1) is 10.2 Å². The number of carbonyl (C=O) groups excluding carboxylic acids is 1. The van der Waals surface area contributed by atoms with Gasteiger partial charge in [0.05, 0.1) is 25.7 Å². The quantitative estimate of drug-likeness (QED) is 0.841. The average Bonchev–Trinajstić information content (AvgIpc) is 3.24. The molecule has 0 spiro atoms. The van der Waals surface area contributed by atoms with E-state index in [9.17, 15) is 4.79 Å². The standard InChI is InChI=1S/C16H21N3O4/c1-11(2)15-17-18-16(23-15)13-10-22-8-6-19(13)14(20)4-3-12-5-7-21-9-12/h5,7,9,11,13H,3-4,6,8,10H2,1-2H3. The first kappa shape index (κ1) is 15.7. The van der Waals surface area contributed by atoms with Crippen molar-refractivity contribution in [3.05, 3.63) is 35.9 Å². The van der Waals surface area contributed by atoms with Crippen molar-refractivity contribution in [2.45, 2.75) is 38.6 Å². The summed E-state index contributed by atoms with van der Waals surface area (Å²) in [6.07, 6.45) is 4.35. The largest absolute Gasteiger partial charge is 0.472 e. The van der Waals surface area contributed by atoms with Crippen LogP contribution in [0, 0.1) is 0 Å². The van der Waals surface area contributed by atoms with Gasteiger partial charge in [0.15, 0.2) is 0 Å². The summed E-state index contributed by atoms with van der Waals surface area (Å²) >= 11 is 0. The summed E-state index contributed by atoms with van der Waals surface area (Å²) in [5.41, 5.74) is 1.02. The topological polar surface area (TPSA) is 81.6 Å². The molecule has 2 aromatic heterocycles. The molecule has 7 nitrogen and oxygen atoms in total. The third kappa shape index (κ3) is 3.61. The number of morpholine rings is 1. The summed E-state index contributed by atoms with van der Waals surface area (Å²) in [6.45, 7) is 5.43. The molecule has 1 aliphatic heterocycles. The predicted octanol–water partition coefficient (Wildman–Crippen LogP) is 2.32. The van der Waals surface area contributed by atoms with Gasteiger partial charge >= 0.3 is 0 Å². The Labute approximate surface area is 134 Å². The van der Waals surface area contributed by atoms with Crippen LogP contribution in [0.1, 0.15) is 49.6 Å². The van der Waals surface area contributed by atoms with E-state index in [4.69, 9.17) is 13.6 Å². The number of ether oxygens (including phenoxy) is 1. The minimum Gasteiger partial charge on any atom is -0.472 e. The number of aryl methyl sites for hydroxylation is 1. The van der Waals surface area contributed by atoms with Gasteiger partial charge in [-0.2, -0.15) is 0 Å². The lowest BCUT2D eigenvalue weighted by molar-refractivity contribution is -0.141. The summed E-state index contributed by atoms with van der Waals surface area (Å²) in [6, 6.07) is 1.57. The van der Waals surface area contributed by atoms with E-state index in [-0.39, 0.29) is 17.9 Å². The Bertz CT molecular complexity index is 636. The normalized spacial score (nSPS) is 18.6. The maximum Gasteiger partial charge on any atom is 0.241 e. The second-order valence-corrected chi connectivity index (χ2v) is 5.94. The number of nitrogens with zero attached hydrogens (tertiary/aromatic N) is 3. The molecule has 0 aliphatic carbocycles. The van der Waals surface area contributed by atoms with Gasteiger partial charge < -0.3 is 18.5 Å². The highest BCUT2D eigenvalue weighted by Crippen LogP contribution is 2.26. The number of furan rings is 1. The van der Waals surface area contributed by atoms with Gasteiger partial charge in [-0.05, 0) is 18.1 Å². The molecule has 1 amide bonds. The molecule has 1 atom stereocenters. The van der Waals surface area contributed by atoms with E-state index in [1.165, 1.54) is 0 Å². The van der Waals surface area contributed by atoms with Crippen LogP contribution in [0.15, 0.2) is 27.4 Å². The zero-order chi connectivity index (χ0) is 16.2. The lowest BCUT2D eigenvalue weighted by atomic mass is 10.1. The van der Waals surface area contributed by atoms with Crippen LogP contribution in [0.3, 0.4) is 0 Å². The molecule has 0 aromatic carbocycles. The molecule has 0 radical (unpaired) electrons. The summed E-state index contributed by atoms with van der Waals surface area (Å²) in [5, 5.41) is 8.15. The molecule has 0 bridgehead atoms. The molecule has 3 rings (SSSR count). The SMILES string of the molecule is CC(C)c1nnc(C2COCCN2C(=O)CCc2ccoc2)o1. The van der Waals surface area contributed by atoms with E-state index in [1.54, 1.807) is 17.4 Å². The first-order chi connectivity index (χ1) is 11.1. The Kier molecular flexibility index (Phi) is 4.76. The van der Waals surface area contributed by atoms with Crippen molar-refractivity contribution in [3.63, 3.8) is 0 Å². The maximum absolute atomic E-state index is 12.6. The van der Waals surface area contributed by atoms with Gasteiger partial charge in [-0.1, -0.05) is 13.8 Å². The molecular formula is C16H21N3O4. The minimum atomic E-state index is -0.305. The number of aromatic nitrogens is 2. The first-order valence-electron chi connectivity index (χ1n) is 7.86. The van der Waals surface area contributed by atoms with E-state index < -0.39 is 0 Å². The molecule has 23 heavy (non-hydrogen) atoms. The molecule has 1 fully saturated rings. The van der Waals surface area contributed by atoms with Crippen molar-refractivity contribution in [1.82, 2.24) is 15.1 Å². The summed E-state index contributed by atoms with van der Waals surface area (Å²) in [5.74, 6) is 1.25. The van der Waals surface area contributed by atoms with Crippen LogP contribution < -0.4 is 0 Å². The maximum atomic E-state index is 12.6. The van der Waals surface area contributed by atoms with Crippen molar-refractivity contribution < 1.29 is 18.4 Å². The predicted molar refractivity (Wildman–Crippen MR) is 80.7 cm³/mol. The van der Waals surface area contributed by atoms with E-state index in [0.717, 1.165) is 5.56 Å². The van der Waals surface area contributed by atoms with E-state index in [0.29, 0.717) is 44.4 Å². The Balaban J connectivity index is 1.68. The third-order valence-corrected chi connectivity index (χ3v) is 3.89. The van der Waals surface area contributed by atoms with Gasteiger partial charge in [0.1, 0.15) is 6.04 Å². The molecule has 1 aliphatic rings. The number of rotatable bonds is 5. The third-order valence-electron chi connectivity index (χ3n) is 3.89. The Morgan fingerprint density at radius 3 is 3.00 bits per heavy atom. The van der Waals surface area contributed by atoms with Gasteiger partial charge in [-0.3, -0.25) is 4.79 Å². The zero-order valence-corrected chi connectivity index (χ0v) is 13.4. The molecule has 1 unspecified atom stereocenters. The highest BCUT2D eigenvalue weighted by molar-refractivity contribution is 5.77. The van der Waals surface area contributed by atoms with Gasteiger partial charge in [0.25, 0.3) is 0 Å². The second-order valence-electron chi connectivity index (χ2n) is 5.94. The molecule has 3 heterocycles. The van der Waals surface area contributed by atoms with Crippen LogP contribution in [0.5, 0.6) is 0 Å². The highest BCUT2D eigenvalue weighted by Gasteiger charge is 2.32. The van der Waals surface area contributed by atoms with Crippen molar-refractivity contribution >= 4 is 5.91 Å². The molecular weight excluding hydrogens is 298 g/mol. The van der Waals surface area contributed by atoms with Crippen molar-refractivity contribution in [2.24, 2.45) is 0 Å². The highest BCUT2D eigenvalue weighted by atomic mass is 16.5. The molecule has 2 aromatic rings. The Hall–Kier alpha value is -2.15. The summed E-state index contributed by atoms with van der Waals surface area (Å²) in [7, 11) is 0. The number of carbonyl (C=O) groups is 1.